The molecule has 0 radical (unpaired) electrons. The van der Waals surface area contributed by atoms with Crippen LogP contribution in [0.3, 0.4) is 0 Å². The summed E-state index contributed by atoms with van der Waals surface area (Å²) in [6.45, 7) is 0.879. The van der Waals surface area contributed by atoms with Crippen LogP contribution in [0, 0.1) is 5.92 Å². The number of amides is 3. The van der Waals surface area contributed by atoms with E-state index in [0.29, 0.717) is 25.3 Å². The minimum atomic E-state index is -0.475. The fourth-order valence-corrected chi connectivity index (χ4v) is 1.85. The number of rotatable bonds is 4. The van der Waals surface area contributed by atoms with Crippen LogP contribution in [-0.2, 0) is 9.53 Å². The Morgan fingerprint density at radius 1 is 1.41 bits per heavy atom. The van der Waals surface area contributed by atoms with Gasteiger partial charge in [0.1, 0.15) is 0 Å². The number of urea groups is 1. The lowest BCUT2D eigenvalue weighted by molar-refractivity contribution is -0.129. The second kappa shape index (κ2) is 5.05. The first-order chi connectivity index (χ1) is 8.24. The maximum atomic E-state index is 12.1. The highest BCUT2D eigenvalue weighted by Gasteiger charge is 2.34. The molecule has 17 heavy (non-hydrogen) atoms. The van der Waals surface area contributed by atoms with E-state index in [9.17, 15) is 9.59 Å². The first-order valence-electron chi connectivity index (χ1n) is 5.52. The van der Waals surface area contributed by atoms with Gasteiger partial charge < -0.3 is 4.74 Å². The molecule has 0 bridgehead atoms. The van der Waals surface area contributed by atoms with Gasteiger partial charge in [-0.3, -0.25) is 9.69 Å². The van der Waals surface area contributed by atoms with Crippen molar-refractivity contribution >= 4 is 17.6 Å². The normalized spacial score (nSPS) is 22.8. The molecule has 1 aliphatic heterocycles. The van der Waals surface area contributed by atoms with Gasteiger partial charge in [-0.2, -0.15) is 4.99 Å². The molecule has 0 aromatic carbocycles. The number of hydrogen-bond acceptors (Lipinski definition) is 3. The lowest BCUT2D eigenvalue weighted by Gasteiger charge is -2.28. The number of ether oxygens (including phenoxy) is 1. The van der Waals surface area contributed by atoms with Crippen LogP contribution < -0.4 is 0 Å². The van der Waals surface area contributed by atoms with Gasteiger partial charge in [-0.1, -0.05) is 18.2 Å². The number of fused-ring (bicyclic) bond motifs is 1. The predicted octanol–water partition coefficient (Wildman–Crippen LogP) is 1.17. The molecule has 90 valence electrons. The summed E-state index contributed by atoms with van der Waals surface area (Å²) in [5.74, 6) is -0.600. The largest absolute Gasteiger partial charge is 0.385 e. The number of allylic oxidation sites excluding steroid dienone is 3. The van der Waals surface area contributed by atoms with Crippen LogP contribution in [0.1, 0.15) is 6.42 Å². The Morgan fingerprint density at radius 3 is 3.00 bits per heavy atom. The molecular weight excluding hydrogens is 220 g/mol. The lowest BCUT2D eigenvalue weighted by atomic mass is 9.95. The molecule has 0 aromatic rings. The number of aliphatic imine (C=N–C) groups is 1. The summed E-state index contributed by atoms with van der Waals surface area (Å²) in [5, 5.41) is 0. The van der Waals surface area contributed by atoms with Gasteiger partial charge in [-0.05, 0) is 12.5 Å². The molecule has 2 aliphatic rings. The van der Waals surface area contributed by atoms with Crippen molar-refractivity contribution in [3.63, 3.8) is 0 Å². The fraction of sp³-hybridized carbons (Fsp3) is 0.417. The lowest BCUT2D eigenvalue weighted by Crippen LogP contribution is -2.46. The van der Waals surface area contributed by atoms with E-state index < -0.39 is 11.9 Å². The number of imide groups is 1. The summed E-state index contributed by atoms with van der Waals surface area (Å²) in [7, 11) is 1.59. The smallest absolute Gasteiger partial charge is 0.350 e. The van der Waals surface area contributed by atoms with Gasteiger partial charge >= 0.3 is 6.03 Å². The van der Waals surface area contributed by atoms with Crippen molar-refractivity contribution in [1.29, 1.82) is 0 Å². The third-order valence-corrected chi connectivity index (χ3v) is 2.72. The zero-order valence-electron chi connectivity index (χ0n) is 9.63. The molecule has 5 heteroatoms. The first-order valence-corrected chi connectivity index (χ1v) is 5.52. The second-order valence-corrected chi connectivity index (χ2v) is 3.88. The summed E-state index contributed by atoms with van der Waals surface area (Å²) >= 11 is 0. The molecule has 0 saturated heterocycles. The number of carbonyl (C=O) groups excluding carboxylic acids is 2. The van der Waals surface area contributed by atoms with Crippen molar-refractivity contribution in [2.75, 3.05) is 20.3 Å². The van der Waals surface area contributed by atoms with E-state index in [2.05, 4.69) is 4.99 Å². The van der Waals surface area contributed by atoms with Crippen LogP contribution in [0.4, 0.5) is 4.79 Å². The number of hydrogen-bond donors (Lipinski definition) is 0. The molecule has 1 atom stereocenters. The summed E-state index contributed by atoms with van der Waals surface area (Å²) in [4.78, 5) is 28.8. The van der Waals surface area contributed by atoms with Crippen molar-refractivity contribution in [3.8, 4) is 0 Å². The van der Waals surface area contributed by atoms with Crippen molar-refractivity contribution in [3.05, 3.63) is 24.3 Å². The number of methoxy groups -OCH3 is 1. The molecule has 0 N–H and O–H groups in total. The van der Waals surface area contributed by atoms with Crippen molar-refractivity contribution in [2.45, 2.75) is 6.42 Å². The van der Waals surface area contributed by atoms with E-state index in [-0.39, 0.29) is 5.91 Å². The minimum absolute atomic E-state index is 0.197. The zero-order valence-corrected chi connectivity index (χ0v) is 9.63. The third kappa shape index (κ3) is 2.34. The molecule has 2 rings (SSSR count). The number of carbonyl (C=O) groups is 2. The minimum Gasteiger partial charge on any atom is -0.385 e. The van der Waals surface area contributed by atoms with Crippen molar-refractivity contribution < 1.29 is 14.3 Å². The maximum absolute atomic E-state index is 12.1. The van der Waals surface area contributed by atoms with Gasteiger partial charge in [0.25, 0.3) is 0 Å². The van der Waals surface area contributed by atoms with Crippen molar-refractivity contribution in [2.24, 2.45) is 10.9 Å². The number of nitrogens with zero attached hydrogens (tertiary/aromatic N) is 2. The average Bonchev–Trinajstić information content (AvgIpc) is 2.33. The maximum Gasteiger partial charge on any atom is 0.350 e. The predicted molar refractivity (Wildman–Crippen MR) is 62.8 cm³/mol. The van der Waals surface area contributed by atoms with Crippen LogP contribution >= 0.6 is 0 Å². The van der Waals surface area contributed by atoms with Crippen LogP contribution in [0.25, 0.3) is 0 Å². The van der Waals surface area contributed by atoms with Gasteiger partial charge in [0.05, 0.1) is 11.6 Å². The molecule has 1 aliphatic carbocycles. The molecule has 0 saturated carbocycles. The van der Waals surface area contributed by atoms with Gasteiger partial charge in [0, 0.05) is 20.3 Å². The van der Waals surface area contributed by atoms with Gasteiger partial charge in [-0.15, -0.1) is 0 Å². The van der Waals surface area contributed by atoms with Gasteiger partial charge in [0.15, 0.2) is 0 Å². The highest BCUT2D eigenvalue weighted by Crippen LogP contribution is 2.19. The molecule has 0 fully saturated rings. The first kappa shape index (κ1) is 11.7. The third-order valence-electron chi connectivity index (χ3n) is 2.72. The summed E-state index contributed by atoms with van der Waals surface area (Å²) in [6.07, 6.45) is 7.66. The van der Waals surface area contributed by atoms with Gasteiger partial charge in [0.2, 0.25) is 5.91 Å². The molecular formula is C12H14N2O3. The Morgan fingerprint density at radius 2 is 2.24 bits per heavy atom. The quantitative estimate of drug-likeness (QED) is 0.686. The molecule has 0 spiro atoms. The highest BCUT2D eigenvalue weighted by molar-refractivity contribution is 6.21. The van der Waals surface area contributed by atoms with Crippen LogP contribution in [0.5, 0.6) is 0 Å². The van der Waals surface area contributed by atoms with Crippen LogP contribution in [-0.4, -0.2) is 42.8 Å². The molecule has 5 nitrogen and oxygen atoms in total. The topological polar surface area (TPSA) is 59.0 Å². The molecule has 3 amide bonds. The Balaban J connectivity index is 2.12. The monoisotopic (exact) mass is 234 g/mol. The van der Waals surface area contributed by atoms with E-state index in [4.69, 9.17) is 4.74 Å². The zero-order chi connectivity index (χ0) is 12.3. The SMILES string of the molecule is COCCCN1C(=O)N=C2C=CC=CC2C1=O. The van der Waals surface area contributed by atoms with Crippen molar-refractivity contribution in [1.82, 2.24) is 4.90 Å². The second-order valence-electron chi connectivity index (χ2n) is 3.88. The van der Waals surface area contributed by atoms with E-state index in [1.165, 1.54) is 4.90 Å². The average molecular weight is 234 g/mol. The van der Waals surface area contributed by atoms with Crippen LogP contribution in [0.15, 0.2) is 29.3 Å². The van der Waals surface area contributed by atoms with E-state index >= 15 is 0 Å². The highest BCUT2D eigenvalue weighted by atomic mass is 16.5. The van der Waals surface area contributed by atoms with Crippen LogP contribution in [0.2, 0.25) is 0 Å². The van der Waals surface area contributed by atoms with E-state index in [0.717, 1.165) is 0 Å². The fourth-order valence-electron chi connectivity index (χ4n) is 1.85. The summed E-state index contributed by atoms with van der Waals surface area (Å²) < 4.78 is 4.90. The Bertz CT molecular complexity index is 423. The standard InChI is InChI=1S/C12H14N2O3/c1-17-8-4-7-14-11(15)9-5-2-3-6-10(9)13-12(14)16/h2-3,5-6,9H,4,7-8H2,1H3. The molecule has 0 aromatic heterocycles. The Labute approximate surface area is 99.5 Å². The summed E-state index contributed by atoms with van der Waals surface area (Å²) in [6, 6.07) is -0.475. The van der Waals surface area contributed by atoms with Gasteiger partial charge in [-0.25, -0.2) is 4.79 Å². The van der Waals surface area contributed by atoms with E-state index in [1.54, 1.807) is 31.4 Å². The summed E-state index contributed by atoms with van der Waals surface area (Å²) in [5.41, 5.74) is 0.533. The Hall–Kier alpha value is -1.75. The molecule has 1 heterocycles. The molecule has 1 unspecified atom stereocenters. The Kier molecular flexibility index (Phi) is 3.49. The van der Waals surface area contributed by atoms with E-state index in [1.807, 2.05) is 0 Å².